The third kappa shape index (κ3) is 2.41. The number of likely N-dealkylation sites (tertiary alicyclic amines) is 1. The van der Waals surface area contributed by atoms with Gasteiger partial charge in [-0.1, -0.05) is 0 Å². The number of carboxylic acid groups (broad SMARTS) is 1. The second-order valence-electron chi connectivity index (χ2n) is 7.15. The summed E-state index contributed by atoms with van der Waals surface area (Å²) < 4.78 is 14.9. The molecule has 1 aromatic heterocycles. The van der Waals surface area contributed by atoms with E-state index >= 15 is 0 Å². The van der Waals surface area contributed by atoms with E-state index in [0.29, 0.717) is 30.8 Å². The smallest absolute Gasteiger partial charge is 0.329 e. The molecule has 7 heteroatoms. The molecular formula is C19H20FN3O3. The quantitative estimate of drug-likeness (QED) is 0.916. The van der Waals surface area contributed by atoms with E-state index in [0.717, 1.165) is 30.5 Å². The lowest BCUT2D eigenvalue weighted by molar-refractivity contribution is -0.147. The molecule has 136 valence electrons. The fourth-order valence-electron chi connectivity index (χ4n) is 4.04. The lowest BCUT2D eigenvalue weighted by Crippen LogP contribution is -2.51. The molecule has 0 saturated carbocycles. The predicted octanol–water partition coefficient (Wildman–Crippen LogP) is 2.58. The fraction of sp³-hybridized carbons (Fsp3) is 0.421. The van der Waals surface area contributed by atoms with Crippen molar-refractivity contribution in [1.29, 1.82) is 0 Å². The van der Waals surface area contributed by atoms with Gasteiger partial charge in [-0.25, -0.2) is 13.9 Å². The van der Waals surface area contributed by atoms with E-state index in [1.54, 1.807) is 23.7 Å². The molecule has 0 radical (unpaired) electrons. The van der Waals surface area contributed by atoms with Crippen molar-refractivity contribution in [2.24, 2.45) is 0 Å². The van der Waals surface area contributed by atoms with Crippen LogP contribution in [0.15, 0.2) is 24.3 Å². The Hall–Kier alpha value is -2.70. The SMILES string of the molecule is CC1(C(=O)O)CCCN1C(=O)c1nn(-c2ccc(F)cc2)c2c1CCC2. The molecule has 26 heavy (non-hydrogen) atoms. The summed E-state index contributed by atoms with van der Waals surface area (Å²) in [5.41, 5.74) is 1.68. The van der Waals surface area contributed by atoms with Crippen LogP contribution in [0.3, 0.4) is 0 Å². The number of amides is 1. The van der Waals surface area contributed by atoms with E-state index in [4.69, 9.17) is 0 Å². The highest BCUT2D eigenvalue weighted by molar-refractivity contribution is 5.98. The Morgan fingerprint density at radius 3 is 2.62 bits per heavy atom. The molecule has 1 amide bonds. The molecule has 6 nitrogen and oxygen atoms in total. The molecule has 2 heterocycles. The van der Waals surface area contributed by atoms with Gasteiger partial charge in [0.25, 0.3) is 5.91 Å². The first-order valence-electron chi connectivity index (χ1n) is 8.84. The average molecular weight is 357 g/mol. The van der Waals surface area contributed by atoms with Crippen molar-refractivity contribution in [3.05, 3.63) is 47.0 Å². The lowest BCUT2D eigenvalue weighted by atomic mass is 9.99. The van der Waals surface area contributed by atoms with Crippen LogP contribution in [0.2, 0.25) is 0 Å². The number of rotatable bonds is 3. The topological polar surface area (TPSA) is 75.4 Å². The average Bonchev–Trinajstić information content (AvgIpc) is 3.30. The number of nitrogens with zero attached hydrogens (tertiary/aromatic N) is 3. The molecule has 1 aliphatic carbocycles. The Labute approximate surface area is 150 Å². The number of carbonyl (C=O) groups is 2. The van der Waals surface area contributed by atoms with E-state index in [-0.39, 0.29) is 11.7 Å². The van der Waals surface area contributed by atoms with Crippen LogP contribution in [0.4, 0.5) is 4.39 Å². The Balaban J connectivity index is 1.76. The van der Waals surface area contributed by atoms with Crippen LogP contribution in [-0.4, -0.2) is 43.7 Å². The number of benzene rings is 1. The molecule has 2 aromatic rings. The minimum atomic E-state index is -1.19. The maximum absolute atomic E-state index is 13.2. The van der Waals surface area contributed by atoms with Crippen molar-refractivity contribution in [2.75, 3.05) is 6.54 Å². The van der Waals surface area contributed by atoms with Gasteiger partial charge in [0.1, 0.15) is 11.4 Å². The first kappa shape index (κ1) is 16.8. The van der Waals surface area contributed by atoms with Gasteiger partial charge in [-0.2, -0.15) is 5.10 Å². The molecule has 1 fully saturated rings. The number of hydrogen-bond acceptors (Lipinski definition) is 3. The standard InChI is InChI=1S/C19H20FN3O3/c1-19(18(25)26)10-3-11-22(19)17(24)16-14-4-2-5-15(14)23(21-16)13-8-6-12(20)7-9-13/h6-9H,2-5,10-11H2,1H3,(H,25,26). The minimum Gasteiger partial charge on any atom is -0.480 e. The zero-order chi connectivity index (χ0) is 18.5. The molecule has 1 unspecified atom stereocenters. The molecule has 0 bridgehead atoms. The summed E-state index contributed by atoms with van der Waals surface area (Å²) in [5.74, 6) is -1.65. The number of aliphatic carboxylic acids is 1. The van der Waals surface area contributed by atoms with Crippen LogP contribution in [0, 0.1) is 5.82 Å². The van der Waals surface area contributed by atoms with Gasteiger partial charge >= 0.3 is 5.97 Å². The summed E-state index contributed by atoms with van der Waals surface area (Å²) >= 11 is 0. The summed E-state index contributed by atoms with van der Waals surface area (Å²) in [5, 5.41) is 14.1. The first-order valence-corrected chi connectivity index (χ1v) is 8.84. The zero-order valence-corrected chi connectivity index (χ0v) is 14.5. The summed E-state index contributed by atoms with van der Waals surface area (Å²) in [6.07, 6.45) is 3.56. The van der Waals surface area contributed by atoms with E-state index < -0.39 is 11.5 Å². The van der Waals surface area contributed by atoms with Crippen molar-refractivity contribution >= 4 is 11.9 Å². The molecular weight excluding hydrogens is 337 g/mol. The van der Waals surface area contributed by atoms with Gasteiger partial charge in [0, 0.05) is 17.8 Å². The van der Waals surface area contributed by atoms with Gasteiger partial charge in [-0.3, -0.25) is 4.79 Å². The highest BCUT2D eigenvalue weighted by atomic mass is 19.1. The Morgan fingerprint density at radius 2 is 1.92 bits per heavy atom. The summed E-state index contributed by atoms with van der Waals surface area (Å²) in [4.78, 5) is 26.3. The summed E-state index contributed by atoms with van der Waals surface area (Å²) in [6, 6.07) is 5.99. The van der Waals surface area contributed by atoms with Gasteiger partial charge in [0.15, 0.2) is 5.69 Å². The molecule has 1 saturated heterocycles. The predicted molar refractivity (Wildman–Crippen MR) is 91.9 cm³/mol. The van der Waals surface area contributed by atoms with Crippen LogP contribution in [0.5, 0.6) is 0 Å². The van der Waals surface area contributed by atoms with Crippen LogP contribution < -0.4 is 0 Å². The van der Waals surface area contributed by atoms with Crippen LogP contribution in [0.25, 0.3) is 5.69 Å². The second-order valence-corrected chi connectivity index (χ2v) is 7.15. The Bertz CT molecular complexity index is 890. The van der Waals surface area contributed by atoms with Crippen molar-refractivity contribution in [2.45, 2.75) is 44.6 Å². The number of aromatic nitrogens is 2. The fourth-order valence-corrected chi connectivity index (χ4v) is 4.04. The third-order valence-electron chi connectivity index (χ3n) is 5.55. The number of fused-ring (bicyclic) bond motifs is 1. The lowest BCUT2D eigenvalue weighted by Gasteiger charge is -2.30. The van der Waals surface area contributed by atoms with Crippen molar-refractivity contribution < 1.29 is 19.1 Å². The Kier molecular flexibility index (Phi) is 3.82. The maximum Gasteiger partial charge on any atom is 0.329 e. The van der Waals surface area contributed by atoms with Crippen molar-refractivity contribution in [3.63, 3.8) is 0 Å². The number of hydrogen-bond donors (Lipinski definition) is 1. The van der Waals surface area contributed by atoms with E-state index in [9.17, 15) is 19.1 Å². The van der Waals surface area contributed by atoms with Crippen LogP contribution in [-0.2, 0) is 17.6 Å². The maximum atomic E-state index is 13.2. The normalized spacial score (nSPS) is 21.8. The van der Waals surface area contributed by atoms with E-state index in [1.807, 2.05) is 0 Å². The van der Waals surface area contributed by atoms with Gasteiger partial charge in [0.2, 0.25) is 0 Å². The summed E-state index contributed by atoms with van der Waals surface area (Å²) in [6.45, 7) is 2.01. The summed E-state index contributed by atoms with van der Waals surface area (Å²) in [7, 11) is 0. The highest BCUT2D eigenvalue weighted by Crippen LogP contribution is 2.34. The van der Waals surface area contributed by atoms with Crippen LogP contribution >= 0.6 is 0 Å². The van der Waals surface area contributed by atoms with Gasteiger partial charge in [0.05, 0.1) is 5.69 Å². The Morgan fingerprint density at radius 1 is 1.19 bits per heavy atom. The van der Waals surface area contributed by atoms with Gasteiger partial charge in [-0.05, 0) is 63.3 Å². The monoisotopic (exact) mass is 357 g/mol. The second kappa shape index (κ2) is 5.93. The van der Waals surface area contributed by atoms with Gasteiger partial charge in [-0.15, -0.1) is 0 Å². The third-order valence-corrected chi connectivity index (χ3v) is 5.55. The van der Waals surface area contributed by atoms with E-state index in [2.05, 4.69) is 5.10 Å². The van der Waals surface area contributed by atoms with E-state index in [1.165, 1.54) is 17.0 Å². The van der Waals surface area contributed by atoms with Crippen molar-refractivity contribution in [3.8, 4) is 5.69 Å². The minimum absolute atomic E-state index is 0.327. The molecule has 4 rings (SSSR count). The largest absolute Gasteiger partial charge is 0.480 e. The number of halogens is 1. The number of carbonyl (C=O) groups excluding carboxylic acids is 1. The zero-order valence-electron chi connectivity index (χ0n) is 14.5. The molecule has 0 spiro atoms. The molecule has 1 aliphatic heterocycles. The molecule has 1 aromatic carbocycles. The molecule has 2 aliphatic rings. The van der Waals surface area contributed by atoms with Gasteiger partial charge < -0.3 is 10.0 Å². The van der Waals surface area contributed by atoms with Crippen LogP contribution in [0.1, 0.15) is 47.9 Å². The molecule has 1 N–H and O–H groups in total. The van der Waals surface area contributed by atoms with Crippen molar-refractivity contribution in [1.82, 2.24) is 14.7 Å². The molecule has 1 atom stereocenters. The number of carboxylic acids is 1. The first-order chi connectivity index (χ1) is 12.4. The highest BCUT2D eigenvalue weighted by Gasteiger charge is 2.47.